The summed E-state index contributed by atoms with van der Waals surface area (Å²) in [5.41, 5.74) is 1.85. The highest BCUT2D eigenvalue weighted by atomic mass is 35.5. The predicted molar refractivity (Wildman–Crippen MR) is 86.5 cm³/mol. The summed E-state index contributed by atoms with van der Waals surface area (Å²) in [6.45, 7) is 4.20. The number of halogens is 4. The molecule has 0 bridgehead atoms. The summed E-state index contributed by atoms with van der Waals surface area (Å²) >= 11 is 18.8. The van der Waals surface area contributed by atoms with Gasteiger partial charge in [0.05, 0.1) is 17.0 Å². The highest BCUT2D eigenvalue weighted by Gasteiger charge is 2.20. The molecule has 2 aromatic rings. The zero-order valence-corrected chi connectivity index (χ0v) is 13.9. The fraction of sp³-hybridized carbons (Fsp3) is 0.250. The molecule has 0 saturated carbocycles. The maximum atomic E-state index is 14.0. The summed E-state index contributed by atoms with van der Waals surface area (Å²) in [5, 5.41) is 0.0734. The molecule has 1 nitrogen and oxygen atoms in total. The molecule has 0 amide bonds. The number of ether oxygens (including phenoxy) is 1. The highest BCUT2D eigenvalue weighted by molar-refractivity contribution is 6.36. The van der Waals surface area contributed by atoms with Gasteiger partial charge in [-0.15, -0.1) is 11.6 Å². The van der Waals surface area contributed by atoms with Crippen LogP contribution in [-0.4, -0.2) is 6.61 Å². The lowest BCUT2D eigenvalue weighted by Crippen LogP contribution is -2.00. The van der Waals surface area contributed by atoms with E-state index in [1.807, 2.05) is 13.8 Å². The predicted octanol–water partition coefficient (Wildman–Crippen LogP) is 6.17. The van der Waals surface area contributed by atoms with Crippen LogP contribution in [0.1, 0.15) is 29.0 Å². The largest absolute Gasteiger partial charge is 0.492 e. The van der Waals surface area contributed by atoms with Crippen LogP contribution in [0.3, 0.4) is 0 Å². The van der Waals surface area contributed by atoms with Gasteiger partial charge in [-0.05, 0) is 31.5 Å². The monoisotopic (exact) mass is 346 g/mol. The van der Waals surface area contributed by atoms with Gasteiger partial charge in [0.25, 0.3) is 0 Å². The lowest BCUT2D eigenvalue weighted by molar-refractivity contribution is 0.340. The minimum Gasteiger partial charge on any atom is -0.492 e. The molecule has 0 fully saturated rings. The van der Waals surface area contributed by atoms with Crippen molar-refractivity contribution < 1.29 is 9.13 Å². The number of benzene rings is 2. The SMILES string of the molecule is CCOc1cc(Cl)c(C(Cl)c2cc(C)ccc2F)cc1Cl. The second kappa shape index (κ2) is 6.87. The summed E-state index contributed by atoms with van der Waals surface area (Å²) in [5.74, 6) is 0.114. The van der Waals surface area contributed by atoms with Gasteiger partial charge in [0.2, 0.25) is 0 Å². The van der Waals surface area contributed by atoms with Crippen LogP contribution in [0.15, 0.2) is 30.3 Å². The van der Waals surface area contributed by atoms with Crippen molar-refractivity contribution in [3.8, 4) is 5.75 Å². The molecule has 0 aliphatic carbocycles. The Balaban J connectivity index is 2.46. The maximum Gasteiger partial charge on any atom is 0.139 e. The minimum absolute atomic E-state index is 0.373. The Hall–Kier alpha value is -0.960. The molecule has 2 aromatic carbocycles. The zero-order chi connectivity index (χ0) is 15.6. The molecule has 1 unspecified atom stereocenters. The van der Waals surface area contributed by atoms with Crippen LogP contribution >= 0.6 is 34.8 Å². The van der Waals surface area contributed by atoms with Gasteiger partial charge in [0.1, 0.15) is 11.6 Å². The molecule has 2 rings (SSSR count). The van der Waals surface area contributed by atoms with E-state index in [1.54, 1.807) is 24.3 Å². The van der Waals surface area contributed by atoms with E-state index < -0.39 is 5.38 Å². The maximum absolute atomic E-state index is 14.0. The van der Waals surface area contributed by atoms with E-state index in [0.717, 1.165) is 5.56 Å². The molecule has 0 heterocycles. The van der Waals surface area contributed by atoms with Crippen LogP contribution in [0.2, 0.25) is 10.0 Å². The summed E-state index contributed by atoms with van der Waals surface area (Å²) in [7, 11) is 0. The van der Waals surface area contributed by atoms with Crippen LogP contribution in [-0.2, 0) is 0 Å². The van der Waals surface area contributed by atoms with Crippen molar-refractivity contribution >= 4 is 34.8 Å². The van der Waals surface area contributed by atoms with Gasteiger partial charge in [-0.25, -0.2) is 4.39 Å². The average molecular weight is 348 g/mol. The van der Waals surface area contributed by atoms with Crippen molar-refractivity contribution in [3.63, 3.8) is 0 Å². The Labute approximate surface area is 138 Å². The summed E-state index contributed by atoms with van der Waals surface area (Å²) in [6.07, 6.45) is 0. The molecule has 0 saturated heterocycles. The minimum atomic E-state index is -0.717. The lowest BCUT2D eigenvalue weighted by atomic mass is 10.0. The van der Waals surface area contributed by atoms with Crippen LogP contribution in [0, 0.1) is 12.7 Å². The van der Waals surface area contributed by atoms with Crippen molar-refractivity contribution in [2.45, 2.75) is 19.2 Å². The van der Waals surface area contributed by atoms with Crippen LogP contribution in [0.4, 0.5) is 4.39 Å². The number of hydrogen-bond acceptors (Lipinski definition) is 1. The molecule has 21 heavy (non-hydrogen) atoms. The van der Waals surface area contributed by atoms with Gasteiger partial charge in [0.15, 0.2) is 0 Å². The third kappa shape index (κ3) is 3.63. The van der Waals surface area contributed by atoms with E-state index in [0.29, 0.717) is 33.5 Å². The first-order valence-corrected chi connectivity index (χ1v) is 7.65. The lowest BCUT2D eigenvalue weighted by Gasteiger charge is -2.16. The molecule has 0 aromatic heterocycles. The Morgan fingerprint density at radius 3 is 2.48 bits per heavy atom. The van der Waals surface area contributed by atoms with Gasteiger partial charge < -0.3 is 4.74 Å². The van der Waals surface area contributed by atoms with Gasteiger partial charge in [-0.3, -0.25) is 0 Å². The fourth-order valence-corrected chi connectivity index (χ4v) is 2.92. The summed E-state index contributed by atoms with van der Waals surface area (Å²) in [4.78, 5) is 0. The number of aryl methyl sites for hydroxylation is 1. The highest BCUT2D eigenvalue weighted by Crippen LogP contribution is 2.40. The van der Waals surface area contributed by atoms with Crippen molar-refractivity contribution in [2.75, 3.05) is 6.61 Å². The Morgan fingerprint density at radius 2 is 1.81 bits per heavy atom. The van der Waals surface area contributed by atoms with Crippen molar-refractivity contribution in [1.82, 2.24) is 0 Å². The van der Waals surface area contributed by atoms with E-state index in [9.17, 15) is 4.39 Å². The van der Waals surface area contributed by atoms with Crippen molar-refractivity contribution in [1.29, 1.82) is 0 Å². The third-order valence-electron chi connectivity index (χ3n) is 3.05. The van der Waals surface area contributed by atoms with Gasteiger partial charge in [-0.1, -0.05) is 40.9 Å². The van der Waals surface area contributed by atoms with E-state index >= 15 is 0 Å². The topological polar surface area (TPSA) is 9.23 Å². The fourth-order valence-electron chi connectivity index (χ4n) is 2.03. The van der Waals surface area contributed by atoms with E-state index in [1.165, 1.54) is 6.07 Å². The van der Waals surface area contributed by atoms with Gasteiger partial charge >= 0.3 is 0 Å². The molecule has 1 atom stereocenters. The van der Waals surface area contributed by atoms with E-state index in [4.69, 9.17) is 39.5 Å². The molecular formula is C16H14Cl3FO. The van der Waals surface area contributed by atoms with Gasteiger partial charge in [-0.2, -0.15) is 0 Å². The standard InChI is InChI=1S/C16H14Cl3FO/c1-3-21-15-8-12(17)10(7-13(15)18)16(19)11-6-9(2)4-5-14(11)20/h4-8,16H,3H2,1-2H3. The quantitative estimate of drug-likeness (QED) is 0.601. The molecule has 0 spiro atoms. The average Bonchev–Trinajstić information content (AvgIpc) is 2.44. The van der Waals surface area contributed by atoms with E-state index in [2.05, 4.69) is 0 Å². The van der Waals surface area contributed by atoms with E-state index in [-0.39, 0.29) is 5.82 Å². The number of alkyl halides is 1. The Kier molecular flexibility index (Phi) is 5.37. The second-order valence-corrected chi connectivity index (χ2v) is 5.88. The van der Waals surface area contributed by atoms with Crippen LogP contribution in [0.5, 0.6) is 5.75 Å². The first-order valence-electron chi connectivity index (χ1n) is 6.46. The molecule has 0 N–H and O–H groups in total. The summed E-state index contributed by atoms with van der Waals surface area (Å²) < 4.78 is 19.3. The Morgan fingerprint density at radius 1 is 1.10 bits per heavy atom. The van der Waals surface area contributed by atoms with Gasteiger partial charge in [0, 0.05) is 16.7 Å². The smallest absolute Gasteiger partial charge is 0.139 e. The first kappa shape index (κ1) is 16.4. The zero-order valence-electron chi connectivity index (χ0n) is 11.6. The Bertz CT molecular complexity index is 658. The molecule has 0 aliphatic rings. The number of hydrogen-bond donors (Lipinski definition) is 0. The molecule has 5 heteroatoms. The van der Waals surface area contributed by atoms with Crippen LogP contribution in [0.25, 0.3) is 0 Å². The summed E-state index contributed by atoms with van der Waals surface area (Å²) in [6, 6.07) is 8.01. The normalized spacial score (nSPS) is 12.3. The third-order valence-corrected chi connectivity index (χ3v) is 4.14. The second-order valence-electron chi connectivity index (χ2n) is 4.62. The molecule has 112 valence electrons. The first-order chi connectivity index (χ1) is 9.93. The molecular weight excluding hydrogens is 334 g/mol. The van der Waals surface area contributed by atoms with Crippen molar-refractivity contribution in [2.24, 2.45) is 0 Å². The number of rotatable bonds is 4. The molecule has 0 radical (unpaired) electrons. The van der Waals surface area contributed by atoms with Crippen molar-refractivity contribution in [3.05, 3.63) is 62.9 Å². The molecule has 0 aliphatic heterocycles. The van der Waals surface area contributed by atoms with Crippen LogP contribution < -0.4 is 4.74 Å².